The first-order valence-corrected chi connectivity index (χ1v) is 14.5. The Bertz CT molecular complexity index is 1110. The van der Waals surface area contributed by atoms with Gasteiger partial charge in [0.2, 0.25) is 0 Å². The van der Waals surface area contributed by atoms with Gasteiger partial charge in [-0.15, -0.1) is 0 Å². The summed E-state index contributed by atoms with van der Waals surface area (Å²) >= 11 is 3.54. The lowest BCUT2D eigenvalue weighted by Crippen LogP contribution is -2.44. The maximum atomic E-state index is 13.4. The fourth-order valence-electron chi connectivity index (χ4n) is 3.98. The molecule has 11 nitrogen and oxygen atoms in total. The van der Waals surface area contributed by atoms with Gasteiger partial charge in [-0.05, 0) is 93.4 Å². The number of benzene rings is 1. The molecule has 1 saturated heterocycles. The van der Waals surface area contributed by atoms with Gasteiger partial charge in [0.25, 0.3) is 0 Å². The average Bonchev–Trinajstić information content (AvgIpc) is 3.18. The smallest absolute Gasteiger partial charge is 0.424 e. The second-order valence-corrected chi connectivity index (χ2v) is 13.7. The lowest BCUT2D eigenvalue weighted by atomic mass is 10.1. The highest BCUT2D eigenvalue weighted by molar-refractivity contribution is 9.10. The molecule has 1 aliphatic rings. The number of ether oxygens (including phenoxy) is 4. The number of anilines is 1. The largest absolute Gasteiger partial charge is 0.462 e. The number of hydrogen-bond acceptors (Lipinski definition) is 9. The minimum absolute atomic E-state index is 0.00918. The Hall–Kier alpha value is -2.86. The molecule has 1 aromatic carbocycles. The maximum Gasteiger partial charge on any atom is 0.424 e. The van der Waals surface area contributed by atoms with Gasteiger partial charge in [0, 0.05) is 30.1 Å². The lowest BCUT2D eigenvalue weighted by Gasteiger charge is -2.30. The number of esters is 1. The van der Waals surface area contributed by atoms with Gasteiger partial charge in [-0.25, -0.2) is 19.2 Å². The number of alkyl carbamates (subject to hydrolysis) is 1. The van der Waals surface area contributed by atoms with Crippen LogP contribution in [-0.2, 0) is 25.5 Å². The van der Waals surface area contributed by atoms with E-state index in [0.717, 1.165) is 4.90 Å². The molecule has 1 unspecified atom stereocenters. The molecule has 2 rings (SSSR count). The number of halogens is 1. The predicted octanol–water partition coefficient (Wildman–Crippen LogP) is 6.40. The van der Waals surface area contributed by atoms with E-state index >= 15 is 0 Å². The summed E-state index contributed by atoms with van der Waals surface area (Å²) in [5.74, 6) is -0.713. The zero-order chi connectivity index (χ0) is 31.3. The second kappa shape index (κ2) is 13.4. The zero-order valence-electron chi connectivity index (χ0n) is 25.8. The van der Waals surface area contributed by atoms with Crippen LogP contribution >= 0.6 is 15.9 Å². The van der Waals surface area contributed by atoms with Gasteiger partial charge in [-0.1, -0.05) is 15.9 Å². The molecule has 0 spiro atoms. The van der Waals surface area contributed by atoms with Crippen molar-refractivity contribution < 1.29 is 38.1 Å². The normalized spacial score (nSPS) is 16.1. The highest BCUT2D eigenvalue weighted by Gasteiger charge is 2.36. The monoisotopic (exact) mass is 641 g/mol. The molecule has 0 saturated carbocycles. The minimum atomic E-state index is -0.992. The van der Waals surface area contributed by atoms with Crippen molar-refractivity contribution in [2.24, 2.45) is 0 Å². The molecule has 1 heterocycles. The summed E-state index contributed by atoms with van der Waals surface area (Å²) in [6, 6.07) is 3.00. The van der Waals surface area contributed by atoms with Crippen LogP contribution in [0.1, 0.15) is 91.6 Å². The van der Waals surface area contributed by atoms with E-state index < -0.39 is 41.1 Å². The van der Waals surface area contributed by atoms with Gasteiger partial charge in [0.1, 0.15) is 16.8 Å². The Morgan fingerprint density at radius 1 is 0.927 bits per heavy atom. The van der Waals surface area contributed by atoms with Crippen LogP contribution < -0.4 is 10.2 Å². The number of imide groups is 1. The standard InChI is InChI=1S/C29H44BrN3O8/c1-11-38-23(34)20-15-21(30)18(16-32-13-12-19(17-32)31-24(35)39-27(2,3)4)14-22(20)33(25(36)40-28(5,6)7)26(37)41-29(8,9)10/h14-15,19H,11-13,16-17H2,1-10H3,(H,31,35). The van der Waals surface area contributed by atoms with Crippen molar-refractivity contribution >= 4 is 45.9 Å². The number of carbonyl (C=O) groups excluding carboxylic acids is 4. The number of nitrogens with one attached hydrogen (secondary N) is 1. The minimum Gasteiger partial charge on any atom is -0.462 e. The van der Waals surface area contributed by atoms with Crippen LogP contribution in [0.25, 0.3) is 0 Å². The van der Waals surface area contributed by atoms with Gasteiger partial charge in [0.05, 0.1) is 17.9 Å². The summed E-state index contributed by atoms with van der Waals surface area (Å²) in [6.07, 6.45) is -1.74. The SMILES string of the molecule is CCOC(=O)c1cc(Br)c(CN2CCC(NC(=O)OC(C)(C)C)C2)cc1N(C(=O)OC(C)(C)C)C(=O)OC(C)(C)C. The van der Waals surface area contributed by atoms with Gasteiger partial charge in [-0.3, -0.25) is 4.90 Å². The third-order valence-corrected chi connectivity index (χ3v) is 6.18. The average molecular weight is 643 g/mol. The van der Waals surface area contributed by atoms with Gasteiger partial charge < -0.3 is 24.3 Å². The lowest BCUT2D eigenvalue weighted by molar-refractivity contribution is 0.0427. The first-order chi connectivity index (χ1) is 18.7. The summed E-state index contributed by atoms with van der Waals surface area (Å²) < 4.78 is 22.3. The van der Waals surface area contributed by atoms with E-state index in [0.29, 0.717) is 36.1 Å². The van der Waals surface area contributed by atoms with Crippen molar-refractivity contribution in [3.05, 3.63) is 27.7 Å². The Morgan fingerprint density at radius 3 is 1.95 bits per heavy atom. The molecule has 1 aromatic rings. The number of hydrogen-bond donors (Lipinski definition) is 1. The molecule has 230 valence electrons. The highest BCUT2D eigenvalue weighted by atomic mass is 79.9. The van der Waals surface area contributed by atoms with Crippen LogP contribution in [0.5, 0.6) is 0 Å². The number of rotatable bonds is 6. The summed E-state index contributed by atoms with van der Waals surface area (Å²) in [4.78, 5) is 54.8. The Balaban J connectivity index is 2.46. The van der Waals surface area contributed by atoms with Crippen LogP contribution in [-0.4, -0.2) is 71.7 Å². The number of carbonyl (C=O) groups is 4. The molecular weight excluding hydrogens is 598 g/mol. The van der Waals surface area contributed by atoms with E-state index in [1.165, 1.54) is 6.07 Å². The van der Waals surface area contributed by atoms with Gasteiger partial charge in [0.15, 0.2) is 0 Å². The molecule has 1 aliphatic heterocycles. The Kier molecular flexibility index (Phi) is 11.2. The number of amides is 3. The first kappa shape index (κ1) is 34.3. The highest BCUT2D eigenvalue weighted by Crippen LogP contribution is 2.33. The van der Waals surface area contributed by atoms with Crippen LogP contribution in [0.15, 0.2) is 16.6 Å². The summed E-state index contributed by atoms with van der Waals surface area (Å²) in [6.45, 7) is 18.9. The second-order valence-electron chi connectivity index (χ2n) is 12.8. The molecule has 1 fully saturated rings. The molecule has 0 aromatic heterocycles. The molecular formula is C29H44BrN3O8. The molecule has 12 heteroatoms. The number of likely N-dealkylation sites (tertiary alicyclic amines) is 1. The van der Waals surface area contributed by atoms with E-state index in [2.05, 4.69) is 26.1 Å². The van der Waals surface area contributed by atoms with Crippen molar-refractivity contribution in [2.45, 2.75) is 105 Å². The number of nitrogens with zero attached hydrogens (tertiary/aromatic N) is 2. The van der Waals surface area contributed by atoms with E-state index in [1.807, 2.05) is 0 Å². The molecule has 0 aliphatic carbocycles. The zero-order valence-corrected chi connectivity index (χ0v) is 27.4. The molecule has 0 radical (unpaired) electrons. The quantitative estimate of drug-likeness (QED) is 0.277. The molecule has 1 N–H and O–H groups in total. The third kappa shape index (κ3) is 11.1. The topological polar surface area (TPSA) is 124 Å². The molecule has 41 heavy (non-hydrogen) atoms. The van der Waals surface area contributed by atoms with Crippen LogP contribution in [0, 0.1) is 0 Å². The molecule has 3 amide bonds. The fourth-order valence-corrected chi connectivity index (χ4v) is 4.45. The van der Waals surface area contributed by atoms with E-state index in [1.54, 1.807) is 75.3 Å². The summed E-state index contributed by atoms with van der Waals surface area (Å²) in [5.41, 5.74) is -1.78. The van der Waals surface area contributed by atoms with E-state index in [9.17, 15) is 19.2 Å². The Morgan fingerprint density at radius 2 is 1.46 bits per heavy atom. The van der Waals surface area contributed by atoms with Crippen LogP contribution in [0.3, 0.4) is 0 Å². The fraction of sp³-hybridized carbons (Fsp3) is 0.655. The van der Waals surface area contributed by atoms with Crippen molar-refractivity contribution in [3.63, 3.8) is 0 Å². The van der Waals surface area contributed by atoms with Crippen molar-refractivity contribution in [1.82, 2.24) is 10.2 Å². The summed E-state index contributed by atoms with van der Waals surface area (Å²) in [5, 5.41) is 2.90. The van der Waals surface area contributed by atoms with Crippen LogP contribution in [0.2, 0.25) is 0 Å². The van der Waals surface area contributed by atoms with Crippen molar-refractivity contribution in [3.8, 4) is 0 Å². The molecule has 1 atom stereocenters. The van der Waals surface area contributed by atoms with Crippen molar-refractivity contribution in [1.29, 1.82) is 0 Å². The Labute approximate surface area is 251 Å². The first-order valence-electron chi connectivity index (χ1n) is 13.7. The van der Waals surface area contributed by atoms with Crippen molar-refractivity contribution in [2.75, 3.05) is 24.6 Å². The molecule has 0 bridgehead atoms. The van der Waals surface area contributed by atoms with Gasteiger partial charge in [-0.2, -0.15) is 4.90 Å². The third-order valence-electron chi connectivity index (χ3n) is 5.44. The maximum absolute atomic E-state index is 13.4. The van der Waals surface area contributed by atoms with Gasteiger partial charge >= 0.3 is 24.2 Å². The predicted molar refractivity (Wildman–Crippen MR) is 158 cm³/mol. The van der Waals surface area contributed by atoms with E-state index in [-0.39, 0.29) is 23.9 Å². The summed E-state index contributed by atoms with van der Waals surface area (Å²) in [7, 11) is 0. The van der Waals surface area contributed by atoms with E-state index in [4.69, 9.17) is 18.9 Å². The van der Waals surface area contributed by atoms with Crippen LogP contribution in [0.4, 0.5) is 20.1 Å².